The van der Waals surface area contributed by atoms with E-state index in [2.05, 4.69) is 0 Å². The van der Waals surface area contributed by atoms with Crippen molar-refractivity contribution in [1.29, 1.82) is 0 Å². The first-order valence-electron chi connectivity index (χ1n) is 9.82. The van der Waals surface area contributed by atoms with Crippen molar-refractivity contribution in [3.63, 3.8) is 0 Å². The Hall–Kier alpha value is -4.01. The zero-order valence-electron chi connectivity index (χ0n) is 17.6. The van der Waals surface area contributed by atoms with E-state index < -0.39 is 34.3 Å². The summed E-state index contributed by atoms with van der Waals surface area (Å²) in [5.74, 6) is -1.90. The van der Waals surface area contributed by atoms with Crippen molar-refractivity contribution in [1.82, 2.24) is 0 Å². The largest absolute Gasteiger partial charge is 0.457 e. The summed E-state index contributed by atoms with van der Waals surface area (Å²) in [7, 11) is 0. The molecular weight excluding hydrogens is 416 g/mol. The number of nitrogens with zero attached hydrogens (tertiary/aromatic N) is 2. The maximum absolute atomic E-state index is 12.9. The van der Waals surface area contributed by atoms with Crippen molar-refractivity contribution < 1.29 is 28.8 Å². The Balaban J connectivity index is 1.66. The molecule has 166 valence electrons. The van der Waals surface area contributed by atoms with Crippen molar-refractivity contribution in [2.24, 2.45) is 5.41 Å². The van der Waals surface area contributed by atoms with Crippen LogP contribution in [0.2, 0.25) is 0 Å². The standard InChI is InChI=1S/C23H22N2O7/c1-23(2)15-24(21(27)20(23)32-19(26)12-13-25(29)30)18-10-8-17(9-11-18)22(28)31-14-16-6-4-3-5-7-16/h3-13,20H,14-15H2,1-2H3/b13-12+/t20-/m1/s1. The van der Waals surface area contributed by atoms with Gasteiger partial charge in [-0.1, -0.05) is 44.2 Å². The maximum atomic E-state index is 12.9. The second-order valence-electron chi connectivity index (χ2n) is 7.94. The highest BCUT2D eigenvalue weighted by molar-refractivity contribution is 6.01. The van der Waals surface area contributed by atoms with Crippen LogP contribution in [-0.4, -0.2) is 35.4 Å². The van der Waals surface area contributed by atoms with E-state index in [1.807, 2.05) is 30.3 Å². The van der Waals surface area contributed by atoms with Crippen LogP contribution >= 0.6 is 0 Å². The average Bonchev–Trinajstić information content (AvgIpc) is 3.00. The van der Waals surface area contributed by atoms with Crippen LogP contribution in [-0.2, 0) is 25.7 Å². The molecule has 1 atom stereocenters. The summed E-state index contributed by atoms with van der Waals surface area (Å²) in [4.78, 5) is 48.0. The second-order valence-corrected chi connectivity index (χ2v) is 7.94. The number of nitro groups is 1. The minimum Gasteiger partial charge on any atom is -0.457 e. The Morgan fingerprint density at radius 2 is 1.81 bits per heavy atom. The minimum atomic E-state index is -1.10. The number of carbonyl (C=O) groups is 3. The summed E-state index contributed by atoms with van der Waals surface area (Å²) >= 11 is 0. The molecule has 0 unspecified atom stereocenters. The summed E-state index contributed by atoms with van der Waals surface area (Å²) in [6.07, 6.45) is 0.0335. The molecule has 1 aliphatic heterocycles. The van der Waals surface area contributed by atoms with Gasteiger partial charge in [-0.05, 0) is 29.8 Å². The molecule has 0 spiro atoms. The Labute approximate surface area is 184 Å². The van der Waals surface area contributed by atoms with E-state index in [4.69, 9.17) is 9.47 Å². The van der Waals surface area contributed by atoms with Crippen LogP contribution < -0.4 is 4.90 Å². The molecule has 32 heavy (non-hydrogen) atoms. The van der Waals surface area contributed by atoms with E-state index in [0.717, 1.165) is 5.56 Å². The highest BCUT2D eigenvalue weighted by atomic mass is 16.6. The first-order valence-corrected chi connectivity index (χ1v) is 9.82. The average molecular weight is 438 g/mol. The van der Waals surface area contributed by atoms with Gasteiger partial charge < -0.3 is 14.4 Å². The Kier molecular flexibility index (Phi) is 6.67. The van der Waals surface area contributed by atoms with Gasteiger partial charge >= 0.3 is 11.9 Å². The lowest BCUT2D eigenvalue weighted by atomic mass is 9.89. The first-order chi connectivity index (χ1) is 15.2. The molecule has 0 aliphatic carbocycles. The van der Waals surface area contributed by atoms with E-state index in [-0.39, 0.29) is 13.2 Å². The van der Waals surface area contributed by atoms with Gasteiger partial charge in [0.1, 0.15) is 6.61 Å². The molecule has 0 aromatic heterocycles. The molecule has 9 heteroatoms. The molecule has 9 nitrogen and oxygen atoms in total. The summed E-state index contributed by atoms with van der Waals surface area (Å²) in [5.41, 5.74) is 1.02. The smallest absolute Gasteiger partial charge is 0.338 e. The number of esters is 2. The van der Waals surface area contributed by atoms with Crippen LogP contribution in [0.25, 0.3) is 0 Å². The first kappa shape index (κ1) is 22.7. The summed E-state index contributed by atoms with van der Waals surface area (Å²) in [6, 6.07) is 15.6. The third-order valence-electron chi connectivity index (χ3n) is 4.96. The number of hydrogen-bond acceptors (Lipinski definition) is 7. The molecule has 1 amide bonds. The molecule has 1 heterocycles. The minimum absolute atomic E-state index is 0.151. The predicted molar refractivity (Wildman–Crippen MR) is 114 cm³/mol. The zero-order valence-corrected chi connectivity index (χ0v) is 17.6. The molecule has 0 bridgehead atoms. The van der Waals surface area contributed by atoms with Crippen LogP contribution in [0, 0.1) is 15.5 Å². The predicted octanol–water partition coefficient (Wildman–Crippen LogP) is 3.12. The van der Waals surface area contributed by atoms with E-state index >= 15 is 0 Å². The Morgan fingerprint density at radius 1 is 1.16 bits per heavy atom. The normalized spacial score (nSPS) is 17.4. The molecule has 0 radical (unpaired) electrons. The highest BCUT2D eigenvalue weighted by Gasteiger charge is 2.49. The number of amides is 1. The fourth-order valence-corrected chi connectivity index (χ4v) is 3.33. The topological polar surface area (TPSA) is 116 Å². The number of rotatable bonds is 7. The molecular formula is C23H22N2O7. The SMILES string of the molecule is CC1(C)CN(c2ccc(C(=O)OCc3ccccc3)cc2)C(=O)[C@H]1OC(=O)/C=C/[N+](=O)[O-]. The third-order valence-corrected chi connectivity index (χ3v) is 4.96. The van der Waals surface area contributed by atoms with Gasteiger partial charge in [0.15, 0.2) is 6.10 Å². The van der Waals surface area contributed by atoms with E-state index in [0.29, 0.717) is 23.5 Å². The molecule has 3 rings (SSSR count). The van der Waals surface area contributed by atoms with E-state index in [1.165, 1.54) is 4.90 Å². The molecule has 0 saturated carbocycles. The highest BCUT2D eigenvalue weighted by Crippen LogP contribution is 2.36. The lowest BCUT2D eigenvalue weighted by Crippen LogP contribution is -2.35. The van der Waals surface area contributed by atoms with Gasteiger partial charge in [-0.25, -0.2) is 9.59 Å². The maximum Gasteiger partial charge on any atom is 0.338 e. The summed E-state index contributed by atoms with van der Waals surface area (Å²) in [5, 5.41) is 10.4. The summed E-state index contributed by atoms with van der Waals surface area (Å²) < 4.78 is 10.5. The summed E-state index contributed by atoms with van der Waals surface area (Å²) in [6.45, 7) is 3.93. The zero-order chi connectivity index (χ0) is 23.3. The Bertz CT molecular complexity index is 1050. The molecule has 2 aromatic rings. The van der Waals surface area contributed by atoms with Crippen molar-refractivity contribution >= 4 is 23.5 Å². The van der Waals surface area contributed by atoms with E-state index in [9.17, 15) is 24.5 Å². The van der Waals surface area contributed by atoms with Gasteiger partial charge in [0.05, 0.1) is 16.6 Å². The van der Waals surface area contributed by atoms with Gasteiger partial charge in [-0.3, -0.25) is 14.9 Å². The van der Waals surface area contributed by atoms with Gasteiger partial charge in [0.25, 0.3) is 5.91 Å². The van der Waals surface area contributed by atoms with Crippen molar-refractivity contribution in [2.75, 3.05) is 11.4 Å². The lowest BCUT2D eigenvalue weighted by molar-refractivity contribution is -0.402. The Morgan fingerprint density at radius 3 is 2.44 bits per heavy atom. The monoisotopic (exact) mass is 438 g/mol. The van der Waals surface area contributed by atoms with Crippen LogP contribution in [0.15, 0.2) is 66.9 Å². The molecule has 1 fully saturated rings. The number of carbonyl (C=O) groups excluding carboxylic acids is 3. The van der Waals surface area contributed by atoms with Crippen molar-refractivity contribution in [3.8, 4) is 0 Å². The van der Waals surface area contributed by atoms with E-state index in [1.54, 1.807) is 38.1 Å². The molecule has 0 N–H and O–H groups in total. The fraction of sp³-hybridized carbons (Fsp3) is 0.261. The number of ether oxygens (including phenoxy) is 2. The van der Waals surface area contributed by atoms with Crippen molar-refractivity contribution in [2.45, 2.75) is 26.6 Å². The van der Waals surface area contributed by atoms with Crippen molar-refractivity contribution in [3.05, 3.63) is 88.1 Å². The third kappa shape index (κ3) is 5.37. The van der Waals surface area contributed by atoms with Gasteiger partial charge in [0, 0.05) is 17.6 Å². The quantitative estimate of drug-likeness (QED) is 0.282. The van der Waals surface area contributed by atoms with Gasteiger partial charge in [-0.2, -0.15) is 0 Å². The van der Waals surface area contributed by atoms with Crippen LogP contribution in [0.3, 0.4) is 0 Å². The fourth-order valence-electron chi connectivity index (χ4n) is 3.33. The van der Waals surface area contributed by atoms with Gasteiger partial charge in [0.2, 0.25) is 6.20 Å². The second kappa shape index (κ2) is 9.42. The van der Waals surface area contributed by atoms with Crippen LogP contribution in [0.4, 0.5) is 5.69 Å². The molecule has 2 aromatic carbocycles. The van der Waals surface area contributed by atoms with Crippen LogP contribution in [0.5, 0.6) is 0 Å². The van der Waals surface area contributed by atoms with Crippen LogP contribution in [0.1, 0.15) is 29.8 Å². The number of hydrogen-bond donors (Lipinski definition) is 0. The number of anilines is 1. The lowest BCUT2D eigenvalue weighted by Gasteiger charge is -2.22. The molecule has 1 saturated heterocycles. The van der Waals surface area contributed by atoms with Gasteiger partial charge in [-0.15, -0.1) is 0 Å². The number of benzene rings is 2. The molecule has 1 aliphatic rings.